The number of amides is 1. The van der Waals surface area contributed by atoms with Gasteiger partial charge in [-0.25, -0.2) is 4.98 Å². The first kappa shape index (κ1) is 21.9. The molecule has 0 aliphatic carbocycles. The maximum atomic E-state index is 12.3. The number of aromatic nitrogens is 3. The number of hydrazone groups is 1. The molecule has 0 aliphatic rings. The summed E-state index contributed by atoms with van der Waals surface area (Å²) >= 11 is 1.35. The van der Waals surface area contributed by atoms with Crippen molar-refractivity contribution in [2.24, 2.45) is 15.9 Å². The van der Waals surface area contributed by atoms with Crippen molar-refractivity contribution in [1.29, 1.82) is 0 Å². The lowest BCUT2D eigenvalue weighted by Gasteiger charge is -2.05. The summed E-state index contributed by atoms with van der Waals surface area (Å²) < 4.78 is 28.7. The molecule has 0 saturated carbocycles. The SMILES string of the molecule is Cc1nc(OC(F)F)ccc1N=C/C(=N\N)C(=O)NCc1nnc(-c2ccccc2)s1. The second-order valence-corrected chi connectivity index (χ2v) is 7.02. The molecule has 1 amide bonds. The number of aryl methyl sites for hydroxylation is 1. The Labute approximate surface area is 179 Å². The van der Waals surface area contributed by atoms with Crippen LogP contribution in [-0.2, 0) is 11.3 Å². The summed E-state index contributed by atoms with van der Waals surface area (Å²) in [7, 11) is 0. The van der Waals surface area contributed by atoms with Gasteiger partial charge in [0.05, 0.1) is 24.1 Å². The van der Waals surface area contributed by atoms with E-state index in [0.29, 0.717) is 16.4 Å². The highest BCUT2D eigenvalue weighted by Gasteiger charge is 2.12. The van der Waals surface area contributed by atoms with E-state index >= 15 is 0 Å². The first-order valence-corrected chi connectivity index (χ1v) is 9.68. The number of benzene rings is 1. The Morgan fingerprint density at radius 1 is 1.26 bits per heavy atom. The predicted molar refractivity (Wildman–Crippen MR) is 113 cm³/mol. The van der Waals surface area contributed by atoms with Gasteiger partial charge in [0.1, 0.15) is 10.0 Å². The molecule has 0 bridgehead atoms. The molecule has 3 N–H and O–H groups in total. The first-order valence-electron chi connectivity index (χ1n) is 8.86. The largest absolute Gasteiger partial charge is 0.417 e. The zero-order valence-electron chi connectivity index (χ0n) is 16.2. The van der Waals surface area contributed by atoms with Crippen LogP contribution in [0, 0.1) is 6.92 Å². The lowest BCUT2D eigenvalue weighted by atomic mass is 10.2. The molecule has 160 valence electrons. The number of halogens is 2. The smallest absolute Gasteiger partial charge is 0.388 e. The molecule has 0 radical (unpaired) electrons. The van der Waals surface area contributed by atoms with E-state index in [1.807, 2.05) is 30.3 Å². The molecule has 9 nitrogen and oxygen atoms in total. The number of nitrogens with two attached hydrogens (primary N) is 1. The standard InChI is InChI=1S/C19H17F2N7O2S/c1-11-13(7-8-15(25-11)30-19(20)21)23-9-14(26-22)17(29)24-10-16-27-28-18(31-16)12-5-3-2-4-6-12/h2-9,19H,10,22H2,1H3,(H,24,29)/b23-9?,26-14+. The third kappa shape index (κ3) is 6.09. The number of carbonyl (C=O) groups excluding carboxylic acids is 1. The summed E-state index contributed by atoms with van der Waals surface area (Å²) in [4.78, 5) is 20.3. The predicted octanol–water partition coefficient (Wildman–Crippen LogP) is 2.84. The zero-order valence-corrected chi connectivity index (χ0v) is 17.0. The third-order valence-corrected chi connectivity index (χ3v) is 4.80. The van der Waals surface area contributed by atoms with Crippen molar-refractivity contribution in [1.82, 2.24) is 20.5 Å². The van der Waals surface area contributed by atoms with E-state index in [9.17, 15) is 13.6 Å². The molecule has 2 heterocycles. The Morgan fingerprint density at radius 2 is 2.03 bits per heavy atom. The Bertz CT molecular complexity index is 1100. The van der Waals surface area contributed by atoms with Crippen molar-refractivity contribution in [2.75, 3.05) is 0 Å². The summed E-state index contributed by atoms with van der Waals surface area (Å²) in [5.41, 5.74) is 1.46. The average Bonchev–Trinajstić information content (AvgIpc) is 3.23. The van der Waals surface area contributed by atoms with E-state index in [0.717, 1.165) is 16.8 Å². The van der Waals surface area contributed by atoms with E-state index in [2.05, 4.69) is 35.3 Å². The second kappa shape index (κ2) is 10.3. The van der Waals surface area contributed by atoms with Crippen LogP contribution >= 0.6 is 11.3 Å². The van der Waals surface area contributed by atoms with Crippen LogP contribution in [0.3, 0.4) is 0 Å². The zero-order chi connectivity index (χ0) is 22.2. The molecule has 31 heavy (non-hydrogen) atoms. The van der Waals surface area contributed by atoms with Crippen molar-refractivity contribution >= 4 is 34.9 Å². The molecule has 1 aromatic carbocycles. The Morgan fingerprint density at radius 3 is 2.71 bits per heavy atom. The second-order valence-electron chi connectivity index (χ2n) is 5.95. The van der Waals surface area contributed by atoms with Gasteiger partial charge >= 0.3 is 6.61 Å². The third-order valence-electron chi connectivity index (χ3n) is 3.83. The van der Waals surface area contributed by atoms with Gasteiger partial charge in [0.25, 0.3) is 5.91 Å². The fraction of sp³-hybridized carbons (Fsp3) is 0.158. The minimum absolute atomic E-state index is 0.135. The summed E-state index contributed by atoms with van der Waals surface area (Å²) in [6, 6.07) is 12.2. The van der Waals surface area contributed by atoms with Crippen LogP contribution in [0.4, 0.5) is 14.5 Å². The van der Waals surface area contributed by atoms with Crippen LogP contribution in [0.2, 0.25) is 0 Å². The van der Waals surface area contributed by atoms with E-state index in [4.69, 9.17) is 5.84 Å². The van der Waals surface area contributed by atoms with Crippen LogP contribution < -0.4 is 15.9 Å². The first-order chi connectivity index (χ1) is 15.0. The highest BCUT2D eigenvalue weighted by Crippen LogP contribution is 2.23. The topological polar surface area (TPSA) is 128 Å². The van der Waals surface area contributed by atoms with Gasteiger partial charge in [-0.05, 0) is 13.0 Å². The fourth-order valence-corrected chi connectivity index (χ4v) is 3.16. The van der Waals surface area contributed by atoms with E-state index in [-0.39, 0.29) is 18.1 Å². The lowest BCUT2D eigenvalue weighted by molar-refractivity contribution is -0.114. The number of alkyl halides is 2. The van der Waals surface area contributed by atoms with Crippen LogP contribution in [0.15, 0.2) is 52.6 Å². The Hall–Kier alpha value is -3.80. The number of hydrogen-bond donors (Lipinski definition) is 2. The maximum Gasteiger partial charge on any atom is 0.388 e. The van der Waals surface area contributed by atoms with E-state index in [1.165, 1.54) is 23.5 Å². The highest BCUT2D eigenvalue weighted by molar-refractivity contribution is 7.14. The number of ether oxygens (including phenoxy) is 1. The van der Waals surface area contributed by atoms with Crippen molar-refractivity contribution < 1.29 is 18.3 Å². The van der Waals surface area contributed by atoms with Crippen LogP contribution in [0.5, 0.6) is 5.88 Å². The lowest BCUT2D eigenvalue weighted by Crippen LogP contribution is -2.32. The minimum atomic E-state index is -2.97. The maximum absolute atomic E-state index is 12.3. The van der Waals surface area contributed by atoms with E-state index < -0.39 is 12.5 Å². The van der Waals surface area contributed by atoms with Crippen molar-refractivity contribution in [3.63, 3.8) is 0 Å². The summed E-state index contributed by atoms with van der Waals surface area (Å²) in [6.45, 7) is -1.28. The number of hydrogen-bond acceptors (Lipinski definition) is 9. The van der Waals surface area contributed by atoms with Gasteiger partial charge in [0, 0.05) is 11.6 Å². The Kier molecular flexibility index (Phi) is 7.27. The number of nitrogens with zero attached hydrogens (tertiary/aromatic N) is 5. The van der Waals surface area contributed by atoms with Gasteiger partial charge in [-0.3, -0.25) is 9.79 Å². The highest BCUT2D eigenvalue weighted by atomic mass is 32.1. The number of rotatable bonds is 8. The summed E-state index contributed by atoms with van der Waals surface area (Å²) in [5, 5.41) is 15.6. The number of nitrogens with one attached hydrogen (secondary N) is 1. The molecule has 0 aliphatic heterocycles. The van der Waals surface area contributed by atoms with Gasteiger partial charge in [-0.15, -0.1) is 10.2 Å². The molecule has 0 spiro atoms. The monoisotopic (exact) mass is 445 g/mol. The van der Waals surface area contributed by atoms with Crippen LogP contribution in [0.25, 0.3) is 10.6 Å². The quantitative estimate of drug-likeness (QED) is 0.312. The average molecular weight is 445 g/mol. The summed E-state index contributed by atoms with van der Waals surface area (Å²) in [6.07, 6.45) is 1.16. The fourth-order valence-electron chi connectivity index (χ4n) is 2.37. The molecule has 0 fully saturated rings. The van der Waals surface area contributed by atoms with Gasteiger partial charge in [0.15, 0.2) is 5.71 Å². The molecule has 2 aromatic heterocycles. The molecular weight excluding hydrogens is 428 g/mol. The molecular formula is C19H17F2N7O2S. The molecule has 0 atom stereocenters. The summed E-state index contributed by atoms with van der Waals surface area (Å²) in [5.74, 6) is 4.50. The number of carbonyl (C=O) groups is 1. The molecule has 3 rings (SSSR count). The Balaban J connectivity index is 1.60. The van der Waals surface area contributed by atoms with E-state index in [1.54, 1.807) is 6.92 Å². The number of aliphatic imine (C=N–C) groups is 1. The van der Waals surface area contributed by atoms with Gasteiger partial charge in [-0.1, -0.05) is 41.7 Å². The van der Waals surface area contributed by atoms with Crippen LogP contribution in [-0.4, -0.2) is 39.6 Å². The molecule has 12 heteroatoms. The van der Waals surface area contributed by atoms with Crippen LogP contribution in [0.1, 0.15) is 10.7 Å². The van der Waals surface area contributed by atoms with Crippen molar-refractivity contribution in [3.05, 3.63) is 53.2 Å². The molecule has 3 aromatic rings. The molecule has 0 unspecified atom stereocenters. The van der Waals surface area contributed by atoms with Gasteiger partial charge < -0.3 is 15.9 Å². The minimum Gasteiger partial charge on any atom is -0.417 e. The van der Waals surface area contributed by atoms with Crippen molar-refractivity contribution in [2.45, 2.75) is 20.1 Å². The normalized spacial score (nSPS) is 11.8. The number of pyridine rings is 1. The van der Waals surface area contributed by atoms with Gasteiger partial charge in [0.2, 0.25) is 5.88 Å². The molecule has 0 saturated heterocycles. The van der Waals surface area contributed by atoms with Gasteiger partial charge in [-0.2, -0.15) is 13.9 Å². The van der Waals surface area contributed by atoms with Crippen molar-refractivity contribution in [3.8, 4) is 16.5 Å².